The molecule has 5 heteroatoms. The average Bonchev–Trinajstić information content (AvgIpc) is 2.36. The van der Waals surface area contributed by atoms with Gasteiger partial charge in [0.25, 0.3) is 0 Å². The highest BCUT2D eigenvalue weighted by Crippen LogP contribution is 2.10. The zero-order valence-electron chi connectivity index (χ0n) is 10.2. The van der Waals surface area contributed by atoms with Gasteiger partial charge in [-0.05, 0) is 30.5 Å². The summed E-state index contributed by atoms with van der Waals surface area (Å²) < 4.78 is 26.0. The molecule has 17 heavy (non-hydrogen) atoms. The number of aryl methyl sites for hydroxylation is 1. The minimum Gasteiger partial charge on any atom is -0.392 e. The van der Waals surface area contributed by atoms with Gasteiger partial charge in [0, 0.05) is 6.54 Å². The van der Waals surface area contributed by atoms with Gasteiger partial charge in [-0.15, -0.1) is 0 Å². The summed E-state index contributed by atoms with van der Waals surface area (Å²) in [5.41, 5.74) is 1.09. The third-order valence-corrected chi connectivity index (χ3v) is 4.06. The molecule has 0 amide bonds. The first-order valence-corrected chi connectivity index (χ1v) is 7.24. The number of aliphatic hydroxyl groups is 1. The molecule has 0 saturated carbocycles. The molecule has 0 heterocycles. The van der Waals surface area contributed by atoms with Gasteiger partial charge in [0.15, 0.2) is 0 Å². The second-order valence-electron chi connectivity index (χ2n) is 3.91. The maximum atomic E-state index is 11.8. The van der Waals surface area contributed by atoms with Crippen LogP contribution in [0.1, 0.15) is 25.8 Å². The largest absolute Gasteiger partial charge is 0.392 e. The van der Waals surface area contributed by atoms with Crippen molar-refractivity contribution in [3.8, 4) is 0 Å². The van der Waals surface area contributed by atoms with Gasteiger partial charge in [0.05, 0.1) is 11.0 Å². The lowest BCUT2D eigenvalue weighted by molar-refractivity contribution is 0.174. The molecule has 0 spiro atoms. The lowest BCUT2D eigenvalue weighted by Crippen LogP contribution is -2.31. The second kappa shape index (κ2) is 6.14. The molecule has 0 fully saturated rings. The zero-order chi connectivity index (χ0) is 12.9. The first-order valence-electron chi connectivity index (χ1n) is 5.76. The molecule has 0 aliphatic heterocycles. The summed E-state index contributed by atoms with van der Waals surface area (Å²) in [7, 11) is -3.50. The van der Waals surface area contributed by atoms with E-state index in [1.54, 1.807) is 31.2 Å². The monoisotopic (exact) mass is 257 g/mol. The van der Waals surface area contributed by atoms with Crippen LogP contribution in [0.2, 0.25) is 0 Å². The zero-order valence-corrected chi connectivity index (χ0v) is 11.0. The minimum absolute atomic E-state index is 0.0500. The van der Waals surface area contributed by atoms with Gasteiger partial charge < -0.3 is 5.11 Å². The standard InChI is InChI=1S/C12H19NO3S/c1-3-10-5-7-12(8-6-10)17(15,16)13-9-11(14)4-2/h5-8,11,13-14H,3-4,9H2,1-2H3. The number of hydrogen-bond acceptors (Lipinski definition) is 3. The van der Waals surface area contributed by atoms with Crippen LogP contribution in [0.4, 0.5) is 0 Å². The van der Waals surface area contributed by atoms with Crippen LogP contribution in [0.5, 0.6) is 0 Å². The molecule has 0 bridgehead atoms. The Kier molecular flexibility index (Phi) is 5.11. The number of sulfonamides is 1. The van der Waals surface area contributed by atoms with Gasteiger partial charge in [-0.2, -0.15) is 0 Å². The normalized spacial score (nSPS) is 13.6. The van der Waals surface area contributed by atoms with Crippen molar-refractivity contribution < 1.29 is 13.5 Å². The Hall–Kier alpha value is -0.910. The Morgan fingerprint density at radius 1 is 1.24 bits per heavy atom. The van der Waals surface area contributed by atoms with Gasteiger partial charge in [0.2, 0.25) is 10.0 Å². The molecule has 1 aromatic rings. The SMILES string of the molecule is CCc1ccc(S(=O)(=O)NCC(O)CC)cc1. The third kappa shape index (κ3) is 4.11. The molecule has 1 unspecified atom stereocenters. The molecule has 0 radical (unpaired) electrons. The van der Waals surface area contributed by atoms with E-state index in [2.05, 4.69) is 4.72 Å². The van der Waals surface area contributed by atoms with Crippen molar-refractivity contribution in [2.75, 3.05) is 6.54 Å². The molecule has 1 atom stereocenters. The van der Waals surface area contributed by atoms with Crippen LogP contribution in [-0.4, -0.2) is 26.2 Å². The molecule has 4 nitrogen and oxygen atoms in total. The summed E-state index contributed by atoms with van der Waals surface area (Å²) in [6, 6.07) is 6.76. The van der Waals surface area contributed by atoms with Gasteiger partial charge >= 0.3 is 0 Å². The topological polar surface area (TPSA) is 66.4 Å². The highest BCUT2D eigenvalue weighted by Gasteiger charge is 2.14. The van der Waals surface area contributed by atoms with Crippen molar-refractivity contribution in [1.82, 2.24) is 4.72 Å². The van der Waals surface area contributed by atoms with Crippen molar-refractivity contribution >= 4 is 10.0 Å². The Labute approximate surface area is 103 Å². The van der Waals surface area contributed by atoms with Crippen LogP contribution in [0.25, 0.3) is 0 Å². The average molecular weight is 257 g/mol. The van der Waals surface area contributed by atoms with Crippen LogP contribution < -0.4 is 4.72 Å². The molecule has 2 N–H and O–H groups in total. The Morgan fingerprint density at radius 2 is 1.82 bits per heavy atom. The van der Waals surface area contributed by atoms with Crippen LogP contribution in [0, 0.1) is 0 Å². The molecule has 1 aromatic carbocycles. The Morgan fingerprint density at radius 3 is 2.29 bits per heavy atom. The summed E-state index contributed by atoms with van der Waals surface area (Å²) in [5, 5.41) is 9.32. The number of benzene rings is 1. The fourth-order valence-electron chi connectivity index (χ4n) is 1.34. The number of rotatable bonds is 6. The van der Waals surface area contributed by atoms with E-state index < -0.39 is 16.1 Å². The Bertz CT molecular complexity index is 439. The molecular weight excluding hydrogens is 238 g/mol. The molecule has 0 aliphatic rings. The third-order valence-electron chi connectivity index (χ3n) is 2.62. The minimum atomic E-state index is -3.50. The van der Waals surface area contributed by atoms with Gasteiger partial charge in [-0.25, -0.2) is 13.1 Å². The predicted octanol–water partition coefficient (Wildman–Crippen LogP) is 1.30. The van der Waals surface area contributed by atoms with Gasteiger partial charge in [-0.1, -0.05) is 26.0 Å². The molecule has 1 rings (SSSR count). The summed E-state index contributed by atoms with van der Waals surface area (Å²) in [6.07, 6.45) is 0.763. The lowest BCUT2D eigenvalue weighted by Gasteiger charge is -2.10. The highest BCUT2D eigenvalue weighted by molar-refractivity contribution is 7.89. The van der Waals surface area contributed by atoms with E-state index in [1.807, 2.05) is 6.92 Å². The molecular formula is C12H19NO3S. The van der Waals surface area contributed by atoms with Gasteiger partial charge in [0.1, 0.15) is 0 Å². The number of aliphatic hydroxyl groups excluding tert-OH is 1. The fraction of sp³-hybridized carbons (Fsp3) is 0.500. The lowest BCUT2D eigenvalue weighted by atomic mass is 10.2. The smallest absolute Gasteiger partial charge is 0.240 e. The maximum absolute atomic E-state index is 11.8. The van der Waals surface area contributed by atoms with Crippen LogP contribution >= 0.6 is 0 Å². The quantitative estimate of drug-likeness (QED) is 0.807. The maximum Gasteiger partial charge on any atom is 0.240 e. The van der Waals surface area contributed by atoms with E-state index in [0.29, 0.717) is 6.42 Å². The van der Waals surface area contributed by atoms with Crippen LogP contribution in [0.15, 0.2) is 29.2 Å². The van der Waals surface area contributed by atoms with Crippen LogP contribution in [0.3, 0.4) is 0 Å². The predicted molar refractivity (Wildman–Crippen MR) is 67.3 cm³/mol. The second-order valence-corrected chi connectivity index (χ2v) is 5.68. The summed E-state index contributed by atoms with van der Waals surface area (Å²) in [6.45, 7) is 3.86. The van der Waals surface area contributed by atoms with Crippen molar-refractivity contribution in [2.24, 2.45) is 0 Å². The molecule has 0 aliphatic carbocycles. The van der Waals surface area contributed by atoms with E-state index in [0.717, 1.165) is 12.0 Å². The number of nitrogens with one attached hydrogen (secondary N) is 1. The summed E-state index contributed by atoms with van der Waals surface area (Å²) in [4.78, 5) is 0.234. The van der Waals surface area contributed by atoms with E-state index >= 15 is 0 Å². The summed E-state index contributed by atoms with van der Waals surface area (Å²) in [5.74, 6) is 0. The first-order chi connectivity index (χ1) is 7.99. The van der Waals surface area contributed by atoms with Crippen molar-refractivity contribution in [3.05, 3.63) is 29.8 Å². The first kappa shape index (κ1) is 14.2. The van der Waals surface area contributed by atoms with E-state index in [1.165, 1.54) is 0 Å². The van der Waals surface area contributed by atoms with E-state index in [-0.39, 0.29) is 11.4 Å². The van der Waals surface area contributed by atoms with Crippen molar-refractivity contribution in [3.63, 3.8) is 0 Å². The molecule has 96 valence electrons. The summed E-state index contributed by atoms with van der Waals surface area (Å²) >= 11 is 0. The van der Waals surface area contributed by atoms with Crippen molar-refractivity contribution in [2.45, 2.75) is 37.7 Å². The Balaban J connectivity index is 2.75. The molecule has 0 saturated heterocycles. The fourth-order valence-corrected chi connectivity index (χ4v) is 2.41. The highest BCUT2D eigenvalue weighted by atomic mass is 32.2. The van der Waals surface area contributed by atoms with Crippen molar-refractivity contribution in [1.29, 1.82) is 0 Å². The van der Waals surface area contributed by atoms with Crippen LogP contribution in [-0.2, 0) is 16.4 Å². The van der Waals surface area contributed by atoms with Gasteiger partial charge in [-0.3, -0.25) is 0 Å². The van der Waals surface area contributed by atoms with E-state index in [4.69, 9.17) is 0 Å². The number of hydrogen-bond donors (Lipinski definition) is 2. The van der Waals surface area contributed by atoms with E-state index in [9.17, 15) is 13.5 Å². The molecule has 0 aromatic heterocycles.